The minimum Gasteiger partial charge on any atom is -0.494 e. The molecule has 8 heteroatoms. The van der Waals surface area contributed by atoms with Crippen LogP contribution in [0, 0.1) is 0 Å². The van der Waals surface area contributed by atoms with Gasteiger partial charge in [-0.05, 0) is 24.3 Å². The van der Waals surface area contributed by atoms with Gasteiger partial charge >= 0.3 is 5.76 Å². The summed E-state index contributed by atoms with van der Waals surface area (Å²) < 4.78 is 11.1. The number of ether oxygens (including phenoxy) is 1. The van der Waals surface area contributed by atoms with Crippen LogP contribution >= 0.6 is 23.2 Å². The van der Waals surface area contributed by atoms with E-state index in [2.05, 4.69) is 0 Å². The Morgan fingerprint density at radius 1 is 1.22 bits per heavy atom. The largest absolute Gasteiger partial charge is 0.494 e. The van der Waals surface area contributed by atoms with E-state index in [-0.39, 0.29) is 32.5 Å². The second kappa shape index (κ2) is 5.64. The number of nitrogen functional groups attached to an aromatic ring is 1. The highest BCUT2D eigenvalue weighted by Crippen LogP contribution is 2.34. The van der Waals surface area contributed by atoms with Crippen LogP contribution in [0.15, 0.2) is 39.5 Å². The van der Waals surface area contributed by atoms with E-state index in [9.17, 15) is 9.59 Å². The van der Waals surface area contributed by atoms with Crippen molar-refractivity contribution in [3.8, 4) is 5.75 Å². The van der Waals surface area contributed by atoms with Crippen molar-refractivity contribution in [2.75, 3.05) is 12.8 Å². The van der Waals surface area contributed by atoms with Gasteiger partial charge in [0.2, 0.25) is 0 Å². The molecular weight excluding hydrogens is 343 g/mol. The van der Waals surface area contributed by atoms with Crippen LogP contribution in [-0.4, -0.2) is 17.6 Å². The number of carbonyl (C=O) groups is 1. The van der Waals surface area contributed by atoms with Crippen molar-refractivity contribution in [1.82, 2.24) is 4.57 Å². The molecule has 0 unspecified atom stereocenters. The molecule has 6 nitrogen and oxygen atoms in total. The van der Waals surface area contributed by atoms with Gasteiger partial charge in [-0.25, -0.2) is 9.36 Å². The molecule has 2 N–H and O–H groups in total. The fraction of sp³-hybridized carbons (Fsp3) is 0.0667. The summed E-state index contributed by atoms with van der Waals surface area (Å²) in [4.78, 5) is 24.9. The maximum absolute atomic E-state index is 12.8. The lowest BCUT2D eigenvalue weighted by Gasteiger charge is -2.11. The van der Waals surface area contributed by atoms with E-state index in [0.717, 1.165) is 4.57 Å². The van der Waals surface area contributed by atoms with Gasteiger partial charge < -0.3 is 14.9 Å². The van der Waals surface area contributed by atoms with Crippen LogP contribution in [0.5, 0.6) is 5.75 Å². The normalized spacial score (nSPS) is 10.9. The number of rotatable bonds is 2. The first-order valence-corrected chi connectivity index (χ1v) is 7.17. The molecule has 0 saturated carbocycles. The maximum atomic E-state index is 12.8. The summed E-state index contributed by atoms with van der Waals surface area (Å²) >= 11 is 12.1. The van der Waals surface area contributed by atoms with Crippen LogP contribution in [0.2, 0.25) is 10.0 Å². The summed E-state index contributed by atoms with van der Waals surface area (Å²) in [6.45, 7) is 0. The molecule has 0 saturated heterocycles. The first-order chi connectivity index (χ1) is 10.9. The SMILES string of the molecule is COc1c(Cl)ccc(Cl)c1C(=O)n1c(=O)oc2cc(N)ccc21. The number of anilines is 1. The van der Waals surface area contributed by atoms with E-state index in [4.69, 9.17) is 38.1 Å². The molecule has 0 bridgehead atoms. The van der Waals surface area contributed by atoms with Crippen LogP contribution in [0.25, 0.3) is 11.1 Å². The third-order valence-electron chi connectivity index (χ3n) is 3.28. The molecule has 0 spiro atoms. The van der Waals surface area contributed by atoms with E-state index >= 15 is 0 Å². The van der Waals surface area contributed by atoms with Crippen LogP contribution in [0.3, 0.4) is 0 Å². The number of aromatic nitrogens is 1. The number of nitrogens with two attached hydrogens (primary N) is 1. The van der Waals surface area contributed by atoms with Gasteiger partial charge in [0.25, 0.3) is 5.91 Å². The minimum atomic E-state index is -0.853. The molecule has 0 aliphatic heterocycles. The Hall–Kier alpha value is -2.44. The van der Waals surface area contributed by atoms with Crippen molar-refractivity contribution < 1.29 is 13.9 Å². The van der Waals surface area contributed by atoms with Crippen LogP contribution in [-0.2, 0) is 0 Å². The lowest BCUT2D eigenvalue weighted by atomic mass is 10.1. The summed E-state index contributed by atoms with van der Waals surface area (Å²) in [5.74, 6) is -1.47. The van der Waals surface area contributed by atoms with Gasteiger partial charge in [-0.1, -0.05) is 23.2 Å². The van der Waals surface area contributed by atoms with Crippen LogP contribution < -0.4 is 16.2 Å². The highest BCUT2D eigenvalue weighted by Gasteiger charge is 2.25. The Bertz CT molecular complexity index is 991. The zero-order valence-corrected chi connectivity index (χ0v) is 13.3. The number of fused-ring (bicyclic) bond motifs is 1. The molecule has 3 rings (SSSR count). The zero-order chi connectivity index (χ0) is 16.7. The summed E-state index contributed by atoms with van der Waals surface area (Å²) in [5.41, 5.74) is 6.49. The molecule has 3 aromatic rings. The van der Waals surface area contributed by atoms with Crippen molar-refractivity contribution in [2.24, 2.45) is 0 Å². The van der Waals surface area contributed by atoms with E-state index in [1.54, 1.807) is 6.07 Å². The molecule has 0 radical (unpaired) electrons. The summed E-state index contributed by atoms with van der Waals surface area (Å²) in [6.07, 6.45) is 0. The number of hydrogen-bond donors (Lipinski definition) is 1. The molecule has 0 amide bonds. The summed E-state index contributed by atoms with van der Waals surface area (Å²) in [7, 11) is 1.35. The number of methoxy groups -OCH3 is 1. The summed E-state index contributed by atoms with van der Waals surface area (Å²) in [6, 6.07) is 7.47. The van der Waals surface area contributed by atoms with Gasteiger partial charge in [0, 0.05) is 11.8 Å². The number of oxazole rings is 1. The molecule has 118 valence electrons. The average molecular weight is 353 g/mol. The predicted octanol–water partition coefficient (Wildman–Crippen LogP) is 3.18. The van der Waals surface area contributed by atoms with Gasteiger partial charge in [-0.15, -0.1) is 0 Å². The Balaban J connectivity index is 2.29. The number of benzene rings is 2. The second-order valence-corrected chi connectivity index (χ2v) is 5.49. The maximum Gasteiger partial charge on any atom is 0.427 e. The van der Waals surface area contributed by atoms with Crippen LogP contribution in [0.4, 0.5) is 5.69 Å². The monoisotopic (exact) mass is 352 g/mol. The third kappa shape index (κ3) is 2.46. The molecule has 1 aromatic heterocycles. The van der Waals surface area contributed by atoms with Gasteiger partial charge in [-0.2, -0.15) is 0 Å². The van der Waals surface area contributed by atoms with Gasteiger partial charge in [0.05, 0.1) is 22.7 Å². The molecule has 2 aromatic carbocycles. The Labute approximate surface area is 140 Å². The quantitative estimate of drug-likeness (QED) is 0.715. The van der Waals surface area contributed by atoms with Crippen molar-refractivity contribution in [2.45, 2.75) is 0 Å². The Kier molecular flexibility index (Phi) is 3.79. The highest BCUT2D eigenvalue weighted by molar-refractivity contribution is 6.37. The third-order valence-corrected chi connectivity index (χ3v) is 3.90. The Morgan fingerprint density at radius 2 is 1.91 bits per heavy atom. The van der Waals surface area contributed by atoms with E-state index in [1.807, 2.05) is 0 Å². The van der Waals surface area contributed by atoms with Crippen molar-refractivity contribution in [1.29, 1.82) is 0 Å². The number of carbonyl (C=O) groups excluding carboxylic acids is 1. The van der Waals surface area contributed by atoms with Crippen molar-refractivity contribution >= 4 is 45.9 Å². The lowest BCUT2D eigenvalue weighted by molar-refractivity contribution is 0.0953. The predicted molar refractivity (Wildman–Crippen MR) is 87.6 cm³/mol. The molecule has 0 atom stereocenters. The summed E-state index contributed by atoms with van der Waals surface area (Å²) in [5, 5.41) is 0.304. The van der Waals surface area contributed by atoms with Gasteiger partial charge in [0.15, 0.2) is 11.3 Å². The van der Waals surface area contributed by atoms with E-state index < -0.39 is 11.7 Å². The van der Waals surface area contributed by atoms with Crippen LogP contribution in [0.1, 0.15) is 10.4 Å². The molecular formula is C15H10Cl2N2O4. The molecule has 0 aliphatic carbocycles. The van der Waals surface area contributed by atoms with Crippen molar-refractivity contribution in [3.63, 3.8) is 0 Å². The highest BCUT2D eigenvalue weighted by atomic mass is 35.5. The molecule has 0 fully saturated rings. The number of hydrogen-bond acceptors (Lipinski definition) is 5. The second-order valence-electron chi connectivity index (χ2n) is 4.67. The van der Waals surface area contributed by atoms with E-state index in [0.29, 0.717) is 5.69 Å². The lowest BCUT2D eigenvalue weighted by Crippen LogP contribution is -2.24. The van der Waals surface area contributed by atoms with Gasteiger partial charge in [-0.3, -0.25) is 4.79 Å². The minimum absolute atomic E-state index is 0.0247. The standard InChI is InChI=1S/C15H10Cl2N2O4/c1-22-13-9(17)4-3-8(16)12(13)14(20)19-10-5-2-7(18)6-11(10)23-15(19)21/h2-6H,18H2,1H3. The van der Waals surface area contributed by atoms with Gasteiger partial charge in [0.1, 0.15) is 5.56 Å². The smallest absolute Gasteiger partial charge is 0.427 e. The number of halogens is 2. The van der Waals surface area contributed by atoms with Crippen molar-refractivity contribution in [3.05, 3.63) is 56.5 Å². The first-order valence-electron chi connectivity index (χ1n) is 6.42. The first kappa shape index (κ1) is 15.5. The zero-order valence-electron chi connectivity index (χ0n) is 11.8. The topological polar surface area (TPSA) is 87.5 Å². The Morgan fingerprint density at radius 3 is 2.61 bits per heavy atom. The average Bonchev–Trinajstić information content (AvgIpc) is 2.83. The van der Waals surface area contributed by atoms with E-state index in [1.165, 1.54) is 31.4 Å². The number of nitrogens with zero attached hydrogens (tertiary/aromatic N) is 1. The fourth-order valence-corrected chi connectivity index (χ4v) is 2.74. The molecule has 0 aliphatic rings. The fourth-order valence-electron chi connectivity index (χ4n) is 2.27. The molecule has 23 heavy (non-hydrogen) atoms. The molecule has 1 heterocycles.